The topological polar surface area (TPSA) is 65.0 Å². The van der Waals surface area contributed by atoms with Crippen molar-refractivity contribution >= 4 is 24.7 Å². The number of hydrogen-bond acceptors (Lipinski definition) is 5. The molecule has 0 saturated carbocycles. The molecule has 1 saturated heterocycles. The van der Waals surface area contributed by atoms with Crippen molar-refractivity contribution in [2.75, 3.05) is 6.61 Å². The van der Waals surface area contributed by atoms with Gasteiger partial charge in [0, 0.05) is 6.42 Å². The summed E-state index contributed by atoms with van der Waals surface area (Å²) in [4.78, 5) is 12.7. The summed E-state index contributed by atoms with van der Waals surface area (Å²) in [6.07, 6.45) is -1.94. The van der Waals surface area contributed by atoms with Gasteiger partial charge in [0.05, 0.1) is 12.2 Å². The van der Waals surface area contributed by atoms with E-state index in [1.165, 1.54) is 0 Å². The van der Waals surface area contributed by atoms with Gasteiger partial charge >= 0.3 is 5.97 Å². The van der Waals surface area contributed by atoms with Gasteiger partial charge in [-0.3, -0.25) is 0 Å². The van der Waals surface area contributed by atoms with Crippen LogP contribution in [0.4, 0.5) is 0 Å². The van der Waals surface area contributed by atoms with Crippen LogP contribution in [-0.2, 0) is 13.9 Å². The highest BCUT2D eigenvalue weighted by Crippen LogP contribution is 2.37. The molecule has 1 aliphatic heterocycles. The maximum Gasteiger partial charge on any atom is 0.338 e. The van der Waals surface area contributed by atoms with E-state index in [-0.39, 0.29) is 18.1 Å². The number of ether oxygens (including phenoxy) is 2. The van der Waals surface area contributed by atoms with Crippen molar-refractivity contribution in [2.24, 2.45) is 0 Å². The van der Waals surface area contributed by atoms with E-state index >= 15 is 0 Å². The zero-order chi connectivity index (χ0) is 24.2. The minimum Gasteiger partial charge on any atom is -0.456 e. The number of rotatable bonds is 7. The van der Waals surface area contributed by atoms with Gasteiger partial charge in [-0.15, -0.1) is 0 Å². The van der Waals surface area contributed by atoms with Crippen LogP contribution in [-0.4, -0.2) is 44.5 Å². The van der Waals surface area contributed by atoms with Crippen LogP contribution in [0.3, 0.4) is 0 Å². The number of esters is 1. The number of aliphatic hydroxyl groups excluding tert-OH is 1. The Labute approximate surface area is 202 Å². The second-order valence-electron chi connectivity index (χ2n) is 9.65. The van der Waals surface area contributed by atoms with Gasteiger partial charge in [-0.1, -0.05) is 99.6 Å². The molecule has 1 unspecified atom stereocenters. The Bertz CT molecular complexity index is 1030. The van der Waals surface area contributed by atoms with Crippen LogP contribution in [0.25, 0.3) is 0 Å². The molecular formula is C28H32O5Si. The van der Waals surface area contributed by atoms with Crippen LogP contribution in [0.2, 0.25) is 5.04 Å². The molecule has 1 aliphatic rings. The summed E-state index contributed by atoms with van der Waals surface area (Å²) in [5, 5.41) is 12.3. The van der Waals surface area contributed by atoms with Crippen LogP contribution in [0, 0.1) is 0 Å². The minimum absolute atomic E-state index is 0.191. The molecule has 0 radical (unpaired) electrons. The van der Waals surface area contributed by atoms with Gasteiger partial charge in [-0.25, -0.2) is 4.79 Å². The molecule has 5 nitrogen and oxygen atoms in total. The van der Waals surface area contributed by atoms with Crippen LogP contribution in [0.1, 0.15) is 37.6 Å². The molecule has 0 bridgehead atoms. The van der Waals surface area contributed by atoms with Gasteiger partial charge in [-0.2, -0.15) is 0 Å². The Morgan fingerprint density at radius 2 is 1.41 bits per heavy atom. The molecule has 0 aliphatic carbocycles. The van der Waals surface area contributed by atoms with Gasteiger partial charge in [0.1, 0.15) is 12.2 Å². The second-order valence-corrected chi connectivity index (χ2v) is 14.0. The Morgan fingerprint density at radius 3 is 1.91 bits per heavy atom. The lowest BCUT2D eigenvalue weighted by Crippen LogP contribution is -2.67. The summed E-state index contributed by atoms with van der Waals surface area (Å²) in [5.74, 6) is -0.432. The predicted molar refractivity (Wildman–Crippen MR) is 135 cm³/mol. The first-order chi connectivity index (χ1) is 16.3. The summed E-state index contributed by atoms with van der Waals surface area (Å²) < 4.78 is 18.4. The molecule has 178 valence electrons. The monoisotopic (exact) mass is 476 g/mol. The standard InChI is InChI=1S/C28H32O5Si/c1-28(2,3)34(22-15-9-5-10-16-22,23-17-11-6-12-18-23)31-20-25-24(19-26(29)32-25)33-27(30)21-13-7-4-8-14-21/h4-18,24-26,29H,19-20H2,1-3H3/t24-,25+,26?/m0/s1. The molecule has 0 amide bonds. The molecule has 6 heteroatoms. The fourth-order valence-electron chi connectivity index (χ4n) is 4.71. The molecule has 3 aromatic rings. The first-order valence-electron chi connectivity index (χ1n) is 11.7. The lowest BCUT2D eigenvalue weighted by atomic mass is 10.2. The highest BCUT2D eigenvalue weighted by Gasteiger charge is 2.51. The number of carbonyl (C=O) groups is 1. The zero-order valence-electron chi connectivity index (χ0n) is 19.9. The molecule has 0 aromatic heterocycles. The van der Waals surface area contributed by atoms with E-state index in [0.717, 1.165) is 10.4 Å². The van der Waals surface area contributed by atoms with Crippen LogP contribution in [0.5, 0.6) is 0 Å². The number of carbonyl (C=O) groups excluding carboxylic acids is 1. The van der Waals surface area contributed by atoms with E-state index < -0.39 is 32.8 Å². The molecule has 34 heavy (non-hydrogen) atoms. The third kappa shape index (κ3) is 5.00. The smallest absolute Gasteiger partial charge is 0.338 e. The molecule has 1 fully saturated rings. The van der Waals surface area contributed by atoms with E-state index in [9.17, 15) is 9.90 Å². The van der Waals surface area contributed by atoms with Crippen LogP contribution in [0.15, 0.2) is 91.0 Å². The average Bonchev–Trinajstić information content (AvgIpc) is 3.19. The lowest BCUT2D eigenvalue weighted by molar-refractivity contribution is -0.106. The first kappa shape index (κ1) is 24.4. The summed E-state index contributed by atoms with van der Waals surface area (Å²) >= 11 is 0. The molecule has 1 N–H and O–H groups in total. The third-order valence-electron chi connectivity index (χ3n) is 6.33. The second kappa shape index (κ2) is 10.2. The minimum atomic E-state index is -2.77. The highest BCUT2D eigenvalue weighted by molar-refractivity contribution is 6.99. The van der Waals surface area contributed by atoms with E-state index in [4.69, 9.17) is 13.9 Å². The fourth-order valence-corrected chi connectivity index (χ4v) is 9.28. The van der Waals surface area contributed by atoms with Gasteiger partial charge in [-0.05, 0) is 27.5 Å². The van der Waals surface area contributed by atoms with Gasteiger partial charge < -0.3 is 19.0 Å². The number of aliphatic hydroxyl groups is 1. The fraction of sp³-hybridized carbons (Fsp3) is 0.321. The van der Waals surface area contributed by atoms with Crippen molar-refractivity contribution in [1.82, 2.24) is 0 Å². The molecule has 1 heterocycles. The van der Waals surface area contributed by atoms with E-state index in [1.54, 1.807) is 24.3 Å². The van der Waals surface area contributed by atoms with Gasteiger partial charge in [0.25, 0.3) is 8.32 Å². The Morgan fingerprint density at radius 1 is 0.912 bits per heavy atom. The maximum absolute atomic E-state index is 12.7. The van der Waals surface area contributed by atoms with E-state index in [1.807, 2.05) is 42.5 Å². The largest absolute Gasteiger partial charge is 0.456 e. The molecule has 0 spiro atoms. The summed E-state index contributed by atoms with van der Waals surface area (Å²) in [7, 11) is -2.77. The van der Waals surface area contributed by atoms with Crippen molar-refractivity contribution in [3.05, 3.63) is 96.6 Å². The van der Waals surface area contributed by atoms with Crippen molar-refractivity contribution < 1.29 is 23.8 Å². The van der Waals surface area contributed by atoms with Crippen LogP contribution >= 0.6 is 0 Å². The Hall–Kier alpha value is -2.77. The highest BCUT2D eigenvalue weighted by atomic mass is 28.4. The van der Waals surface area contributed by atoms with Gasteiger partial charge in [0.15, 0.2) is 6.29 Å². The predicted octanol–water partition coefficient (Wildman–Crippen LogP) is 3.90. The van der Waals surface area contributed by atoms with Gasteiger partial charge in [0.2, 0.25) is 0 Å². The molecule has 3 aromatic carbocycles. The Balaban J connectivity index is 1.62. The average molecular weight is 477 g/mol. The number of benzene rings is 3. The van der Waals surface area contributed by atoms with Crippen molar-refractivity contribution in [3.63, 3.8) is 0 Å². The molecular weight excluding hydrogens is 444 g/mol. The summed E-state index contributed by atoms with van der Waals surface area (Å²) in [6.45, 7) is 6.82. The van der Waals surface area contributed by atoms with Crippen molar-refractivity contribution in [3.8, 4) is 0 Å². The maximum atomic E-state index is 12.7. The SMILES string of the molecule is CC(C)(C)[Si](OC[C@H]1OC(O)C[C@@H]1OC(=O)c1ccccc1)(c1ccccc1)c1ccccc1. The quantitative estimate of drug-likeness (QED) is 0.414. The van der Waals surface area contributed by atoms with E-state index in [2.05, 4.69) is 45.0 Å². The summed E-state index contributed by atoms with van der Waals surface area (Å²) in [6, 6.07) is 29.5. The zero-order valence-corrected chi connectivity index (χ0v) is 20.9. The van der Waals surface area contributed by atoms with Crippen LogP contribution < -0.4 is 10.4 Å². The molecule has 3 atom stereocenters. The normalized spacial score (nSPS) is 20.8. The molecule has 4 rings (SSSR count). The summed E-state index contributed by atoms with van der Waals surface area (Å²) in [5.41, 5.74) is 0.468. The Kier molecular flexibility index (Phi) is 7.33. The first-order valence-corrected chi connectivity index (χ1v) is 13.6. The number of hydrogen-bond donors (Lipinski definition) is 1. The van der Waals surface area contributed by atoms with Crippen molar-refractivity contribution in [2.45, 2.75) is 50.7 Å². The lowest BCUT2D eigenvalue weighted by Gasteiger charge is -2.43. The van der Waals surface area contributed by atoms with E-state index in [0.29, 0.717) is 5.56 Å². The third-order valence-corrected chi connectivity index (χ3v) is 11.3. The van der Waals surface area contributed by atoms with Crippen molar-refractivity contribution in [1.29, 1.82) is 0 Å².